The number of H-pyrrole nitrogens is 1. The van der Waals surface area contributed by atoms with E-state index in [4.69, 9.17) is 12.2 Å². The Kier molecular flexibility index (Phi) is 8.64. The molecule has 2 N–H and O–H groups in total. The summed E-state index contributed by atoms with van der Waals surface area (Å²) in [6.45, 7) is 0. The molecule has 0 radical (unpaired) electrons. The van der Waals surface area contributed by atoms with Gasteiger partial charge in [-0.05, 0) is 12.1 Å². The van der Waals surface area contributed by atoms with E-state index in [1.165, 1.54) is 0 Å². The van der Waals surface area contributed by atoms with E-state index in [1.54, 1.807) is 0 Å². The standard InChI is InChI=1S/C5H5NS.Na.H2O/c7-5-3-1-2-4-6-5;;/h1-4H,(H,6,7);;1H2/q;+1;/p-1. The number of aromatic amines is 1. The van der Waals surface area contributed by atoms with Crippen LogP contribution in [0.2, 0.25) is 0 Å². The largest absolute Gasteiger partial charge is 1.00 e. The van der Waals surface area contributed by atoms with Gasteiger partial charge in [0.25, 0.3) is 0 Å². The quantitative estimate of drug-likeness (QED) is 0.365. The van der Waals surface area contributed by atoms with Crippen LogP contribution in [0.4, 0.5) is 0 Å². The van der Waals surface area contributed by atoms with E-state index in [0.29, 0.717) is 0 Å². The van der Waals surface area contributed by atoms with Crippen LogP contribution >= 0.6 is 12.2 Å². The van der Waals surface area contributed by atoms with Crippen molar-refractivity contribution in [1.29, 1.82) is 0 Å². The molecule has 44 valence electrons. The van der Waals surface area contributed by atoms with Crippen LogP contribution in [0.1, 0.15) is 0 Å². The van der Waals surface area contributed by atoms with Crippen LogP contribution in [0, 0.1) is 4.64 Å². The Balaban J connectivity index is 0. The Morgan fingerprint density at radius 2 is 2.00 bits per heavy atom. The van der Waals surface area contributed by atoms with Gasteiger partial charge in [-0.3, -0.25) is 0 Å². The van der Waals surface area contributed by atoms with Crippen molar-refractivity contribution in [2.75, 3.05) is 0 Å². The minimum Gasteiger partial charge on any atom is -0.870 e. The van der Waals surface area contributed by atoms with Crippen LogP contribution in [0.3, 0.4) is 0 Å². The summed E-state index contributed by atoms with van der Waals surface area (Å²) in [6.07, 6.45) is 1.81. The van der Waals surface area contributed by atoms with E-state index in [1.807, 2.05) is 24.4 Å². The minimum atomic E-state index is 0. The molecule has 0 aliphatic carbocycles. The molecule has 2 nitrogen and oxygen atoms in total. The molecule has 0 fully saturated rings. The van der Waals surface area contributed by atoms with Gasteiger partial charge < -0.3 is 10.5 Å². The van der Waals surface area contributed by atoms with Crippen molar-refractivity contribution in [3.05, 3.63) is 29.0 Å². The molecule has 0 saturated heterocycles. The van der Waals surface area contributed by atoms with Crippen molar-refractivity contribution in [2.24, 2.45) is 0 Å². The molecule has 0 bridgehead atoms. The average molecular weight is 151 g/mol. The molecule has 0 aliphatic heterocycles. The number of pyridine rings is 1. The molecule has 0 unspecified atom stereocenters. The van der Waals surface area contributed by atoms with Gasteiger partial charge in [0.15, 0.2) is 0 Å². The average Bonchev–Trinajstić information content (AvgIpc) is 1.69. The molecule has 1 heterocycles. The van der Waals surface area contributed by atoms with Gasteiger partial charge in [0, 0.05) is 6.20 Å². The third kappa shape index (κ3) is 4.81. The van der Waals surface area contributed by atoms with E-state index >= 15 is 0 Å². The van der Waals surface area contributed by atoms with Crippen LogP contribution < -0.4 is 29.6 Å². The van der Waals surface area contributed by atoms with Gasteiger partial charge in [-0.15, -0.1) is 0 Å². The number of hydrogen-bond donors (Lipinski definition) is 1. The zero-order chi connectivity index (χ0) is 5.11. The first-order chi connectivity index (χ1) is 3.39. The first-order valence-electron chi connectivity index (χ1n) is 2.03. The Morgan fingerprint density at radius 3 is 2.22 bits per heavy atom. The van der Waals surface area contributed by atoms with E-state index in [0.717, 1.165) is 4.64 Å². The Bertz CT molecular complexity index is 183. The zero-order valence-electron chi connectivity index (χ0n) is 5.16. The first kappa shape index (κ1) is 12.0. The molecular weight excluding hydrogens is 145 g/mol. The summed E-state index contributed by atoms with van der Waals surface area (Å²) < 4.78 is 0.780. The molecule has 1 aromatic rings. The number of aromatic nitrogens is 1. The van der Waals surface area contributed by atoms with Crippen LogP contribution in [0.15, 0.2) is 24.4 Å². The van der Waals surface area contributed by atoms with Gasteiger partial charge in [-0.25, -0.2) is 0 Å². The normalized spacial score (nSPS) is 6.67. The maximum Gasteiger partial charge on any atom is 1.00 e. The Hall–Kier alpha value is 0.330. The molecule has 1 rings (SSSR count). The molecular formula is C5H6NNaOS. The first-order valence-corrected chi connectivity index (χ1v) is 2.44. The van der Waals surface area contributed by atoms with Gasteiger partial charge in [0.2, 0.25) is 0 Å². The maximum atomic E-state index is 4.76. The topological polar surface area (TPSA) is 45.8 Å². The molecule has 0 amide bonds. The van der Waals surface area contributed by atoms with Crippen molar-refractivity contribution in [2.45, 2.75) is 0 Å². The van der Waals surface area contributed by atoms with Gasteiger partial charge in [-0.1, -0.05) is 18.3 Å². The SMILES string of the molecule is S=c1cccc[nH]1.[Na+].[OH-]. The summed E-state index contributed by atoms with van der Waals surface area (Å²) in [6, 6.07) is 5.64. The summed E-state index contributed by atoms with van der Waals surface area (Å²) in [5.41, 5.74) is 0. The fraction of sp³-hybridized carbons (Fsp3) is 0. The zero-order valence-corrected chi connectivity index (χ0v) is 7.98. The summed E-state index contributed by atoms with van der Waals surface area (Å²) in [7, 11) is 0. The summed E-state index contributed by atoms with van der Waals surface area (Å²) in [5.74, 6) is 0. The summed E-state index contributed by atoms with van der Waals surface area (Å²) >= 11 is 4.76. The van der Waals surface area contributed by atoms with Crippen molar-refractivity contribution >= 4 is 12.2 Å². The second-order valence-corrected chi connectivity index (χ2v) is 1.67. The van der Waals surface area contributed by atoms with Crippen LogP contribution in [-0.4, -0.2) is 10.5 Å². The van der Waals surface area contributed by atoms with Crippen LogP contribution in [-0.2, 0) is 0 Å². The third-order valence-electron chi connectivity index (χ3n) is 0.681. The molecule has 0 atom stereocenters. The van der Waals surface area contributed by atoms with Crippen molar-refractivity contribution in [3.8, 4) is 0 Å². The van der Waals surface area contributed by atoms with Gasteiger partial charge in [-0.2, -0.15) is 0 Å². The Labute approximate surface area is 80.9 Å². The molecule has 1 aromatic heterocycles. The van der Waals surface area contributed by atoms with E-state index in [-0.39, 0.29) is 35.0 Å². The van der Waals surface area contributed by atoms with Crippen LogP contribution in [0.25, 0.3) is 0 Å². The summed E-state index contributed by atoms with van der Waals surface area (Å²) in [5, 5.41) is 0. The monoisotopic (exact) mass is 151 g/mol. The fourth-order valence-corrected chi connectivity index (χ4v) is 0.523. The molecule has 9 heavy (non-hydrogen) atoms. The number of nitrogens with one attached hydrogen (secondary N) is 1. The van der Waals surface area contributed by atoms with Crippen LogP contribution in [0.5, 0.6) is 0 Å². The van der Waals surface area contributed by atoms with Crippen molar-refractivity contribution < 1.29 is 35.0 Å². The molecule has 0 aromatic carbocycles. The predicted molar refractivity (Wildman–Crippen MR) is 33.6 cm³/mol. The molecule has 0 spiro atoms. The fourth-order valence-electron chi connectivity index (χ4n) is 0.377. The van der Waals surface area contributed by atoms with Gasteiger partial charge in [0.05, 0.1) is 0 Å². The van der Waals surface area contributed by atoms with E-state index < -0.39 is 0 Å². The van der Waals surface area contributed by atoms with Crippen molar-refractivity contribution in [1.82, 2.24) is 4.98 Å². The van der Waals surface area contributed by atoms with Gasteiger partial charge in [0.1, 0.15) is 4.64 Å². The summed E-state index contributed by atoms with van der Waals surface area (Å²) in [4.78, 5) is 2.85. The van der Waals surface area contributed by atoms with Gasteiger partial charge >= 0.3 is 29.6 Å². The smallest absolute Gasteiger partial charge is 0.870 e. The number of hydrogen-bond acceptors (Lipinski definition) is 2. The van der Waals surface area contributed by atoms with Crippen molar-refractivity contribution in [3.63, 3.8) is 0 Å². The molecule has 0 aliphatic rings. The minimum absolute atomic E-state index is 0. The molecule has 0 saturated carbocycles. The van der Waals surface area contributed by atoms with E-state index in [2.05, 4.69) is 4.98 Å². The maximum absolute atomic E-state index is 4.76. The second-order valence-electron chi connectivity index (χ2n) is 1.23. The number of rotatable bonds is 0. The predicted octanol–water partition coefficient (Wildman–Crippen LogP) is -1.43. The van der Waals surface area contributed by atoms with E-state index in [9.17, 15) is 0 Å². The third-order valence-corrected chi connectivity index (χ3v) is 0.934. The second kappa shape index (κ2) is 6.45. The molecule has 4 heteroatoms. The Morgan fingerprint density at radius 1 is 1.33 bits per heavy atom.